The number of amides is 1. The number of carbonyl (C=O) groups is 2. The number of aliphatic hydroxyl groups excluding tert-OH is 1. The number of ether oxygens (including phenoxy) is 1. The normalized spacial score (nSPS) is 21.7. The van der Waals surface area contributed by atoms with Crippen molar-refractivity contribution >= 4 is 29.1 Å². The fraction of sp³-hybridized carbons (Fsp3) is 0.304. The molecule has 1 unspecified atom stereocenters. The number of ketones is 1. The maximum absolute atomic E-state index is 13.1. The van der Waals surface area contributed by atoms with Crippen molar-refractivity contribution in [2.75, 3.05) is 7.11 Å². The van der Waals surface area contributed by atoms with Crippen LogP contribution in [0.1, 0.15) is 42.9 Å². The van der Waals surface area contributed by atoms with Crippen LogP contribution in [0.5, 0.6) is 5.75 Å². The summed E-state index contributed by atoms with van der Waals surface area (Å²) in [5.41, 5.74) is 1.17. The van der Waals surface area contributed by atoms with E-state index in [9.17, 15) is 14.7 Å². The highest BCUT2D eigenvalue weighted by Crippen LogP contribution is 2.44. The third-order valence-electron chi connectivity index (χ3n) is 5.73. The van der Waals surface area contributed by atoms with E-state index < -0.39 is 17.7 Å². The van der Waals surface area contributed by atoms with Crippen molar-refractivity contribution in [1.29, 1.82) is 0 Å². The first-order valence-electron chi connectivity index (χ1n) is 9.72. The van der Waals surface area contributed by atoms with Gasteiger partial charge in [0.15, 0.2) is 0 Å². The first-order chi connectivity index (χ1) is 14.0. The van der Waals surface area contributed by atoms with Gasteiger partial charge in [-0.15, -0.1) is 0 Å². The van der Waals surface area contributed by atoms with Crippen LogP contribution in [0.25, 0.3) is 5.76 Å². The molecule has 0 aromatic heterocycles. The van der Waals surface area contributed by atoms with Crippen LogP contribution in [-0.2, 0) is 9.59 Å². The van der Waals surface area contributed by atoms with Gasteiger partial charge < -0.3 is 14.7 Å². The quantitative estimate of drug-likeness (QED) is 0.449. The lowest BCUT2D eigenvalue weighted by molar-refractivity contribution is -0.141. The lowest BCUT2D eigenvalue weighted by Gasteiger charge is -2.30. The van der Waals surface area contributed by atoms with Crippen LogP contribution in [-0.4, -0.2) is 34.8 Å². The van der Waals surface area contributed by atoms with Crippen LogP contribution in [0, 0.1) is 0 Å². The molecule has 2 fully saturated rings. The second-order valence-electron chi connectivity index (χ2n) is 7.40. The van der Waals surface area contributed by atoms with Crippen LogP contribution in [0.2, 0.25) is 5.02 Å². The zero-order valence-corrected chi connectivity index (χ0v) is 16.9. The first kappa shape index (κ1) is 19.5. The van der Waals surface area contributed by atoms with Crippen molar-refractivity contribution in [1.82, 2.24) is 4.90 Å². The molecule has 2 aromatic carbocycles. The molecule has 0 radical (unpaired) electrons. The van der Waals surface area contributed by atoms with Gasteiger partial charge in [-0.2, -0.15) is 0 Å². The molecule has 1 N–H and O–H groups in total. The molecule has 2 aliphatic rings. The van der Waals surface area contributed by atoms with Gasteiger partial charge in [-0.25, -0.2) is 0 Å². The topological polar surface area (TPSA) is 66.8 Å². The van der Waals surface area contributed by atoms with E-state index in [1.54, 1.807) is 23.1 Å². The molecule has 4 rings (SSSR count). The standard InChI is InChI=1S/C23H22ClNO4/c1-29-18-12-11-15(24)13-17(18)21(26)19-20(14-7-3-2-4-8-14)25(23(28)22(19)27)16-9-5-6-10-16/h2-4,7-8,11-13,16,20,26H,5-6,9-10H2,1H3/b21-19+. The minimum absolute atomic E-state index is 0.0109. The van der Waals surface area contributed by atoms with Gasteiger partial charge in [-0.1, -0.05) is 54.8 Å². The van der Waals surface area contributed by atoms with E-state index in [2.05, 4.69) is 0 Å². The van der Waals surface area contributed by atoms with E-state index in [1.165, 1.54) is 7.11 Å². The molecular formula is C23H22ClNO4. The number of halogens is 1. The molecule has 0 spiro atoms. The maximum atomic E-state index is 13.1. The zero-order valence-electron chi connectivity index (χ0n) is 16.1. The van der Waals surface area contributed by atoms with E-state index in [1.807, 2.05) is 30.3 Å². The van der Waals surface area contributed by atoms with Gasteiger partial charge in [0.25, 0.3) is 11.7 Å². The molecule has 1 heterocycles. The number of nitrogens with zero attached hydrogens (tertiary/aromatic N) is 1. The van der Waals surface area contributed by atoms with Gasteiger partial charge >= 0.3 is 0 Å². The summed E-state index contributed by atoms with van der Waals surface area (Å²) in [5.74, 6) is -1.12. The number of methoxy groups -OCH3 is 1. The molecule has 1 saturated heterocycles. The molecule has 1 atom stereocenters. The molecule has 6 heteroatoms. The molecule has 0 bridgehead atoms. The van der Waals surface area contributed by atoms with E-state index in [-0.39, 0.29) is 17.4 Å². The Kier molecular flexibility index (Phi) is 5.33. The lowest BCUT2D eigenvalue weighted by atomic mass is 9.94. The summed E-state index contributed by atoms with van der Waals surface area (Å²) in [6.45, 7) is 0. The summed E-state index contributed by atoms with van der Waals surface area (Å²) >= 11 is 6.12. The predicted octanol–water partition coefficient (Wildman–Crippen LogP) is 4.71. The van der Waals surface area contributed by atoms with E-state index in [0.29, 0.717) is 16.3 Å². The van der Waals surface area contributed by atoms with Gasteiger partial charge in [0.2, 0.25) is 0 Å². The van der Waals surface area contributed by atoms with Crippen LogP contribution in [0.4, 0.5) is 0 Å². The summed E-state index contributed by atoms with van der Waals surface area (Å²) in [6, 6.07) is 13.5. The largest absolute Gasteiger partial charge is 0.507 e. The van der Waals surface area contributed by atoms with Crippen molar-refractivity contribution < 1.29 is 19.4 Å². The molecule has 150 valence electrons. The van der Waals surface area contributed by atoms with Crippen molar-refractivity contribution in [2.45, 2.75) is 37.8 Å². The molecule has 1 saturated carbocycles. The van der Waals surface area contributed by atoms with Crippen molar-refractivity contribution in [2.24, 2.45) is 0 Å². The highest BCUT2D eigenvalue weighted by Gasteiger charge is 2.49. The fourth-order valence-electron chi connectivity index (χ4n) is 4.38. The summed E-state index contributed by atoms with van der Waals surface area (Å²) in [5, 5.41) is 11.6. The van der Waals surface area contributed by atoms with Crippen LogP contribution in [0.3, 0.4) is 0 Å². The number of carbonyl (C=O) groups excluding carboxylic acids is 2. The number of likely N-dealkylation sites (tertiary alicyclic amines) is 1. The van der Waals surface area contributed by atoms with Gasteiger partial charge in [0.05, 0.1) is 24.3 Å². The van der Waals surface area contributed by atoms with E-state index in [4.69, 9.17) is 16.3 Å². The summed E-state index contributed by atoms with van der Waals surface area (Å²) in [7, 11) is 1.48. The number of benzene rings is 2. The Labute approximate surface area is 174 Å². The first-order valence-corrected chi connectivity index (χ1v) is 10.1. The van der Waals surface area contributed by atoms with Crippen LogP contribution in [0.15, 0.2) is 54.1 Å². The highest BCUT2D eigenvalue weighted by atomic mass is 35.5. The molecule has 29 heavy (non-hydrogen) atoms. The summed E-state index contributed by atoms with van der Waals surface area (Å²) < 4.78 is 5.35. The molecule has 1 aliphatic carbocycles. The Bertz CT molecular complexity index is 980. The van der Waals surface area contributed by atoms with Gasteiger partial charge in [0.1, 0.15) is 11.5 Å². The van der Waals surface area contributed by atoms with E-state index in [0.717, 1.165) is 31.2 Å². The predicted molar refractivity (Wildman–Crippen MR) is 111 cm³/mol. The minimum Gasteiger partial charge on any atom is -0.507 e. The molecule has 2 aromatic rings. The number of Topliss-reactive ketones (excluding diaryl/α,β-unsaturated/α-hetero) is 1. The smallest absolute Gasteiger partial charge is 0.295 e. The molecule has 5 nitrogen and oxygen atoms in total. The van der Waals surface area contributed by atoms with Gasteiger partial charge in [-0.3, -0.25) is 9.59 Å². The number of aliphatic hydroxyl groups is 1. The van der Waals surface area contributed by atoms with Crippen molar-refractivity contribution in [3.8, 4) is 5.75 Å². The molecule has 1 aliphatic heterocycles. The van der Waals surface area contributed by atoms with E-state index >= 15 is 0 Å². The maximum Gasteiger partial charge on any atom is 0.295 e. The third-order valence-corrected chi connectivity index (χ3v) is 5.97. The SMILES string of the molecule is COc1ccc(Cl)cc1/C(O)=C1\C(=O)C(=O)N(C2CCCC2)C1c1ccccc1. The number of hydrogen-bond acceptors (Lipinski definition) is 4. The summed E-state index contributed by atoms with van der Waals surface area (Å²) in [6.07, 6.45) is 3.77. The second-order valence-corrected chi connectivity index (χ2v) is 7.84. The minimum atomic E-state index is -0.676. The number of rotatable bonds is 4. The monoisotopic (exact) mass is 411 g/mol. The second kappa shape index (κ2) is 7.91. The fourth-order valence-corrected chi connectivity index (χ4v) is 4.55. The van der Waals surface area contributed by atoms with Crippen LogP contribution >= 0.6 is 11.6 Å². The Morgan fingerprint density at radius 3 is 2.45 bits per heavy atom. The van der Waals surface area contributed by atoms with Gasteiger partial charge in [0, 0.05) is 11.1 Å². The lowest BCUT2D eigenvalue weighted by Crippen LogP contribution is -2.37. The highest BCUT2D eigenvalue weighted by molar-refractivity contribution is 6.46. The molecule has 1 amide bonds. The van der Waals surface area contributed by atoms with Crippen LogP contribution < -0.4 is 4.74 Å². The Hall–Kier alpha value is -2.79. The average Bonchev–Trinajstić information content (AvgIpc) is 3.35. The average molecular weight is 412 g/mol. The third kappa shape index (κ3) is 3.40. The zero-order chi connectivity index (χ0) is 20.5. The molecular weight excluding hydrogens is 390 g/mol. The Morgan fingerprint density at radius 2 is 1.79 bits per heavy atom. The van der Waals surface area contributed by atoms with Crippen molar-refractivity contribution in [3.05, 3.63) is 70.3 Å². The van der Waals surface area contributed by atoms with Crippen molar-refractivity contribution in [3.63, 3.8) is 0 Å². The van der Waals surface area contributed by atoms with Gasteiger partial charge in [-0.05, 0) is 36.6 Å². The Balaban J connectivity index is 1.92. The number of hydrogen-bond donors (Lipinski definition) is 1. The summed E-state index contributed by atoms with van der Waals surface area (Å²) in [4.78, 5) is 27.8. The Morgan fingerprint density at radius 1 is 1.10 bits per heavy atom.